The zero-order valence-electron chi connectivity index (χ0n) is 9.53. The molecule has 2 atom stereocenters. The molecule has 0 aliphatic carbocycles. The van der Waals surface area contributed by atoms with Crippen LogP contribution in [0.15, 0.2) is 0 Å². The highest BCUT2D eigenvalue weighted by molar-refractivity contribution is 7.89. The van der Waals surface area contributed by atoms with Crippen molar-refractivity contribution in [3.63, 3.8) is 0 Å². The van der Waals surface area contributed by atoms with Gasteiger partial charge in [-0.15, -0.1) is 0 Å². The second-order valence-electron chi connectivity index (χ2n) is 4.13. The van der Waals surface area contributed by atoms with Crippen LogP contribution in [-0.4, -0.2) is 32.9 Å². The Labute approximate surface area is 92.4 Å². The molecule has 1 N–H and O–H groups in total. The SMILES string of the molecule is CCCCS(=O)(=O)NC(C)C1CCCO1. The fraction of sp³-hybridized carbons (Fsp3) is 1.00. The van der Waals surface area contributed by atoms with Crippen LogP contribution in [0.5, 0.6) is 0 Å². The Morgan fingerprint density at radius 1 is 1.53 bits per heavy atom. The van der Waals surface area contributed by atoms with Crippen molar-refractivity contribution in [2.45, 2.75) is 51.7 Å². The second-order valence-corrected chi connectivity index (χ2v) is 6.00. The molecule has 5 heteroatoms. The highest BCUT2D eigenvalue weighted by Crippen LogP contribution is 2.16. The van der Waals surface area contributed by atoms with Crippen LogP contribution >= 0.6 is 0 Å². The quantitative estimate of drug-likeness (QED) is 0.754. The first kappa shape index (κ1) is 12.9. The molecule has 0 spiro atoms. The molecule has 1 fully saturated rings. The molecule has 0 aromatic carbocycles. The van der Waals surface area contributed by atoms with E-state index in [9.17, 15) is 8.42 Å². The fourth-order valence-corrected chi connectivity index (χ4v) is 3.25. The van der Waals surface area contributed by atoms with E-state index in [0.29, 0.717) is 6.42 Å². The van der Waals surface area contributed by atoms with Gasteiger partial charge in [-0.3, -0.25) is 0 Å². The van der Waals surface area contributed by atoms with E-state index >= 15 is 0 Å². The van der Waals surface area contributed by atoms with Gasteiger partial charge < -0.3 is 4.74 Å². The lowest BCUT2D eigenvalue weighted by Gasteiger charge is -2.19. The molecule has 90 valence electrons. The van der Waals surface area contributed by atoms with Crippen molar-refractivity contribution in [3.8, 4) is 0 Å². The van der Waals surface area contributed by atoms with Gasteiger partial charge in [0.15, 0.2) is 0 Å². The fourth-order valence-electron chi connectivity index (χ4n) is 1.75. The van der Waals surface area contributed by atoms with Gasteiger partial charge in [0.2, 0.25) is 10.0 Å². The highest BCUT2D eigenvalue weighted by Gasteiger charge is 2.25. The van der Waals surface area contributed by atoms with E-state index in [4.69, 9.17) is 4.74 Å². The van der Waals surface area contributed by atoms with Crippen LogP contribution in [0.2, 0.25) is 0 Å². The van der Waals surface area contributed by atoms with Gasteiger partial charge in [0.1, 0.15) is 0 Å². The van der Waals surface area contributed by atoms with Crippen molar-refractivity contribution in [1.29, 1.82) is 0 Å². The summed E-state index contributed by atoms with van der Waals surface area (Å²) in [4.78, 5) is 0. The molecule has 0 aromatic rings. The average Bonchev–Trinajstić information content (AvgIpc) is 2.67. The van der Waals surface area contributed by atoms with Crippen LogP contribution in [0.1, 0.15) is 39.5 Å². The Hall–Kier alpha value is -0.130. The van der Waals surface area contributed by atoms with Crippen LogP contribution in [0, 0.1) is 0 Å². The first-order valence-electron chi connectivity index (χ1n) is 5.67. The predicted octanol–water partition coefficient (Wildman–Crippen LogP) is 1.27. The molecule has 0 aromatic heterocycles. The summed E-state index contributed by atoms with van der Waals surface area (Å²) in [7, 11) is -3.11. The smallest absolute Gasteiger partial charge is 0.211 e. The standard InChI is InChI=1S/C10H21NO3S/c1-3-4-8-15(12,13)11-9(2)10-6-5-7-14-10/h9-11H,3-8H2,1-2H3. The monoisotopic (exact) mass is 235 g/mol. The lowest BCUT2D eigenvalue weighted by atomic mass is 10.1. The second kappa shape index (κ2) is 5.82. The number of sulfonamides is 1. The maximum Gasteiger partial charge on any atom is 0.211 e. The first-order valence-corrected chi connectivity index (χ1v) is 7.32. The number of hydrogen-bond donors (Lipinski definition) is 1. The molecule has 1 rings (SSSR count). The Bertz CT molecular complexity index is 270. The number of rotatable bonds is 6. The van der Waals surface area contributed by atoms with Crippen molar-refractivity contribution in [1.82, 2.24) is 4.72 Å². The highest BCUT2D eigenvalue weighted by atomic mass is 32.2. The molecule has 0 bridgehead atoms. The summed E-state index contributed by atoms with van der Waals surface area (Å²) in [6, 6.07) is -0.102. The zero-order valence-corrected chi connectivity index (χ0v) is 10.3. The van der Waals surface area contributed by atoms with Crippen LogP contribution in [0.25, 0.3) is 0 Å². The maximum atomic E-state index is 11.6. The van der Waals surface area contributed by atoms with E-state index in [1.807, 2.05) is 13.8 Å². The summed E-state index contributed by atoms with van der Waals surface area (Å²) in [6.07, 6.45) is 3.66. The van der Waals surface area contributed by atoms with Crippen LogP contribution in [0.3, 0.4) is 0 Å². The molecule has 0 radical (unpaired) electrons. The molecule has 1 saturated heterocycles. The summed E-state index contributed by atoms with van der Waals surface area (Å²) in [5, 5.41) is 0. The number of ether oxygens (including phenoxy) is 1. The Morgan fingerprint density at radius 2 is 2.27 bits per heavy atom. The lowest BCUT2D eigenvalue weighted by molar-refractivity contribution is 0.0902. The summed E-state index contributed by atoms with van der Waals surface area (Å²) in [5.74, 6) is 0.223. The molecule has 4 nitrogen and oxygen atoms in total. The molecule has 0 saturated carbocycles. The van der Waals surface area contributed by atoms with E-state index in [0.717, 1.165) is 25.9 Å². The minimum absolute atomic E-state index is 0.0569. The number of hydrogen-bond acceptors (Lipinski definition) is 3. The Kier molecular flexibility index (Phi) is 5.02. The van der Waals surface area contributed by atoms with Gasteiger partial charge in [-0.1, -0.05) is 13.3 Å². The van der Waals surface area contributed by atoms with Gasteiger partial charge in [-0.25, -0.2) is 13.1 Å². The predicted molar refractivity (Wildman–Crippen MR) is 60.3 cm³/mol. The largest absolute Gasteiger partial charge is 0.377 e. The van der Waals surface area contributed by atoms with Gasteiger partial charge in [0.25, 0.3) is 0 Å². The van der Waals surface area contributed by atoms with Crippen molar-refractivity contribution in [2.75, 3.05) is 12.4 Å². The minimum Gasteiger partial charge on any atom is -0.377 e. The van der Waals surface area contributed by atoms with Crippen LogP contribution < -0.4 is 4.72 Å². The first-order chi connectivity index (χ1) is 7.05. The van der Waals surface area contributed by atoms with Gasteiger partial charge in [-0.2, -0.15) is 0 Å². The average molecular weight is 235 g/mol. The van der Waals surface area contributed by atoms with Gasteiger partial charge in [0, 0.05) is 12.6 Å². The van der Waals surface area contributed by atoms with Crippen molar-refractivity contribution < 1.29 is 13.2 Å². The number of nitrogens with one attached hydrogen (secondary N) is 1. The van der Waals surface area contributed by atoms with E-state index in [1.165, 1.54) is 0 Å². The normalized spacial score (nSPS) is 24.3. The molecule has 15 heavy (non-hydrogen) atoms. The third-order valence-electron chi connectivity index (χ3n) is 2.65. The van der Waals surface area contributed by atoms with Crippen LogP contribution in [0.4, 0.5) is 0 Å². The van der Waals surface area contributed by atoms with Gasteiger partial charge in [-0.05, 0) is 26.2 Å². The molecule has 1 aliphatic rings. The Balaban J connectivity index is 2.38. The van der Waals surface area contributed by atoms with Crippen molar-refractivity contribution in [3.05, 3.63) is 0 Å². The van der Waals surface area contributed by atoms with E-state index in [1.54, 1.807) is 0 Å². The van der Waals surface area contributed by atoms with E-state index in [-0.39, 0.29) is 17.9 Å². The van der Waals surface area contributed by atoms with Crippen molar-refractivity contribution in [2.24, 2.45) is 0 Å². The molecule has 2 unspecified atom stereocenters. The minimum atomic E-state index is -3.11. The van der Waals surface area contributed by atoms with E-state index < -0.39 is 10.0 Å². The summed E-state index contributed by atoms with van der Waals surface area (Å²) in [6.45, 7) is 4.62. The lowest BCUT2D eigenvalue weighted by Crippen LogP contribution is -2.41. The third kappa shape index (κ3) is 4.49. The molecular weight excluding hydrogens is 214 g/mol. The van der Waals surface area contributed by atoms with Gasteiger partial charge in [0.05, 0.1) is 11.9 Å². The van der Waals surface area contributed by atoms with Crippen molar-refractivity contribution >= 4 is 10.0 Å². The topological polar surface area (TPSA) is 55.4 Å². The maximum absolute atomic E-state index is 11.6. The van der Waals surface area contributed by atoms with E-state index in [2.05, 4.69) is 4.72 Å². The molecular formula is C10H21NO3S. The zero-order chi connectivity index (χ0) is 11.3. The van der Waals surface area contributed by atoms with Gasteiger partial charge >= 0.3 is 0 Å². The number of unbranched alkanes of at least 4 members (excludes halogenated alkanes) is 1. The Morgan fingerprint density at radius 3 is 2.80 bits per heavy atom. The molecule has 1 aliphatic heterocycles. The summed E-state index contributed by atoms with van der Waals surface area (Å²) < 4.78 is 31.3. The van der Waals surface area contributed by atoms with Crippen LogP contribution in [-0.2, 0) is 14.8 Å². The molecule has 0 amide bonds. The summed E-state index contributed by atoms with van der Waals surface area (Å²) >= 11 is 0. The summed E-state index contributed by atoms with van der Waals surface area (Å²) in [5.41, 5.74) is 0. The molecule has 1 heterocycles. The third-order valence-corrected chi connectivity index (χ3v) is 4.21.